The molecule has 1 fully saturated rings. The zero-order valence-corrected chi connectivity index (χ0v) is 11.5. The molecule has 0 amide bonds. The lowest BCUT2D eigenvalue weighted by Crippen LogP contribution is -2.53. The van der Waals surface area contributed by atoms with Crippen molar-refractivity contribution in [1.29, 1.82) is 0 Å². The van der Waals surface area contributed by atoms with Crippen molar-refractivity contribution in [2.75, 3.05) is 20.1 Å². The minimum atomic E-state index is -0.563. The standard InChI is InChI=1S/C13H28N2O/c1-6-13(4,16)9-14-12-7-11(3)15(5)8-10(12)2/h10-12,14,16H,6-9H2,1-5H3. The van der Waals surface area contributed by atoms with E-state index in [4.69, 9.17) is 0 Å². The second-order valence-corrected chi connectivity index (χ2v) is 5.84. The summed E-state index contributed by atoms with van der Waals surface area (Å²) < 4.78 is 0. The van der Waals surface area contributed by atoms with Crippen LogP contribution in [0.3, 0.4) is 0 Å². The monoisotopic (exact) mass is 228 g/mol. The Bertz CT molecular complexity index is 218. The third-order valence-electron chi connectivity index (χ3n) is 4.12. The summed E-state index contributed by atoms with van der Waals surface area (Å²) in [5.41, 5.74) is -0.563. The van der Waals surface area contributed by atoms with E-state index in [1.165, 1.54) is 6.42 Å². The van der Waals surface area contributed by atoms with Crippen molar-refractivity contribution in [1.82, 2.24) is 10.2 Å². The molecule has 3 nitrogen and oxygen atoms in total. The lowest BCUT2D eigenvalue weighted by atomic mass is 9.89. The van der Waals surface area contributed by atoms with Crippen LogP contribution in [0.2, 0.25) is 0 Å². The fourth-order valence-corrected chi connectivity index (χ4v) is 2.30. The van der Waals surface area contributed by atoms with Gasteiger partial charge >= 0.3 is 0 Å². The summed E-state index contributed by atoms with van der Waals surface area (Å²) in [7, 11) is 2.19. The highest BCUT2D eigenvalue weighted by molar-refractivity contribution is 4.88. The van der Waals surface area contributed by atoms with E-state index in [-0.39, 0.29) is 0 Å². The van der Waals surface area contributed by atoms with Crippen molar-refractivity contribution in [3.8, 4) is 0 Å². The first-order valence-corrected chi connectivity index (χ1v) is 6.51. The highest BCUT2D eigenvalue weighted by Gasteiger charge is 2.30. The van der Waals surface area contributed by atoms with Crippen LogP contribution < -0.4 is 5.32 Å². The third kappa shape index (κ3) is 3.72. The molecule has 0 bridgehead atoms. The van der Waals surface area contributed by atoms with Gasteiger partial charge in [0.1, 0.15) is 0 Å². The Kier molecular flexibility index (Phi) is 4.77. The molecule has 0 radical (unpaired) electrons. The van der Waals surface area contributed by atoms with Gasteiger partial charge in [0.05, 0.1) is 5.60 Å². The van der Waals surface area contributed by atoms with Crippen LogP contribution in [0.1, 0.15) is 40.5 Å². The Morgan fingerprint density at radius 2 is 2.06 bits per heavy atom. The van der Waals surface area contributed by atoms with Gasteiger partial charge in [-0.05, 0) is 39.7 Å². The van der Waals surface area contributed by atoms with E-state index >= 15 is 0 Å². The molecule has 0 aromatic heterocycles. The molecular weight excluding hydrogens is 200 g/mol. The lowest BCUT2D eigenvalue weighted by molar-refractivity contribution is 0.0414. The first-order chi connectivity index (χ1) is 7.35. The zero-order chi connectivity index (χ0) is 12.3. The van der Waals surface area contributed by atoms with Gasteiger partial charge in [0.15, 0.2) is 0 Å². The Hall–Kier alpha value is -0.120. The molecule has 0 saturated carbocycles. The van der Waals surface area contributed by atoms with Crippen LogP contribution in [0, 0.1) is 5.92 Å². The molecule has 4 unspecified atom stereocenters. The van der Waals surface area contributed by atoms with Gasteiger partial charge in [-0.25, -0.2) is 0 Å². The van der Waals surface area contributed by atoms with Gasteiger partial charge in [-0.15, -0.1) is 0 Å². The first kappa shape index (κ1) is 13.9. The predicted octanol–water partition coefficient (Wildman–Crippen LogP) is 1.47. The van der Waals surface area contributed by atoms with E-state index in [0.29, 0.717) is 24.5 Å². The SMILES string of the molecule is CCC(C)(O)CNC1CC(C)N(C)CC1C. The smallest absolute Gasteiger partial charge is 0.0741 e. The number of rotatable bonds is 4. The number of likely N-dealkylation sites (tertiary alicyclic amines) is 1. The second kappa shape index (κ2) is 5.48. The van der Waals surface area contributed by atoms with Gasteiger partial charge in [0, 0.05) is 25.2 Å². The topological polar surface area (TPSA) is 35.5 Å². The largest absolute Gasteiger partial charge is 0.389 e. The van der Waals surface area contributed by atoms with Crippen LogP contribution in [0.4, 0.5) is 0 Å². The molecule has 0 spiro atoms. The molecule has 4 atom stereocenters. The van der Waals surface area contributed by atoms with Gasteiger partial charge < -0.3 is 15.3 Å². The Balaban J connectivity index is 2.42. The van der Waals surface area contributed by atoms with Crippen LogP contribution in [0.15, 0.2) is 0 Å². The first-order valence-electron chi connectivity index (χ1n) is 6.51. The van der Waals surface area contributed by atoms with Crippen molar-refractivity contribution < 1.29 is 5.11 Å². The van der Waals surface area contributed by atoms with Gasteiger partial charge in [0.25, 0.3) is 0 Å². The molecule has 1 rings (SSSR count). The van der Waals surface area contributed by atoms with Gasteiger partial charge in [0.2, 0.25) is 0 Å². The summed E-state index contributed by atoms with van der Waals surface area (Å²) in [5.74, 6) is 0.661. The molecule has 1 saturated heterocycles. The van der Waals surface area contributed by atoms with Crippen molar-refractivity contribution in [3.63, 3.8) is 0 Å². The van der Waals surface area contributed by atoms with Crippen LogP contribution in [0.25, 0.3) is 0 Å². The van der Waals surface area contributed by atoms with Crippen molar-refractivity contribution >= 4 is 0 Å². The molecule has 0 aromatic carbocycles. The molecule has 1 aliphatic heterocycles. The summed E-state index contributed by atoms with van der Waals surface area (Å²) in [6.07, 6.45) is 1.98. The lowest BCUT2D eigenvalue weighted by Gasteiger charge is -2.41. The number of hydrogen-bond donors (Lipinski definition) is 2. The van der Waals surface area contributed by atoms with Crippen LogP contribution >= 0.6 is 0 Å². The normalized spacial score (nSPS) is 36.0. The van der Waals surface area contributed by atoms with Crippen LogP contribution in [-0.2, 0) is 0 Å². The van der Waals surface area contributed by atoms with Crippen molar-refractivity contribution in [2.24, 2.45) is 5.92 Å². The molecular formula is C13H28N2O. The molecule has 1 heterocycles. The van der Waals surface area contributed by atoms with E-state index in [0.717, 1.165) is 13.0 Å². The zero-order valence-electron chi connectivity index (χ0n) is 11.5. The number of aliphatic hydroxyl groups is 1. The number of hydrogen-bond acceptors (Lipinski definition) is 3. The number of piperidine rings is 1. The molecule has 0 aliphatic carbocycles. The van der Waals surface area contributed by atoms with Crippen LogP contribution in [-0.4, -0.2) is 47.8 Å². The van der Waals surface area contributed by atoms with E-state index in [9.17, 15) is 5.11 Å². The molecule has 2 N–H and O–H groups in total. The quantitative estimate of drug-likeness (QED) is 0.765. The minimum absolute atomic E-state index is 0.546. The third-order valence-corrected chi connectivity index (χ3v) is 4.12. The van der Waals surface area contributed by atoms with E-state index in [1.807, 2.05) is 13.8 Å². The highest BCUT2D eigenvalue weighted by atomic mass is 16.3. The van der Waals surface area contributed by atoms with E-state index < -0.39 is 5.60 Å². The maximum atomic E-state index is 9.99. The van der Waals surface area contributed by atoms with E-state index in [2.05, 4.69) is 31.1 Å². The summed E-state index contributed by atoms with van der Waals surface area (Å²) in [4.78, 5) is 2.42. The number of nitrogens with one attached hydrogen (secondary N) is 1. The average Bonchev–Trinajstić information content (AvgIpc) is 2.22. The Labute approximate surface area is 100 Å². The summed E-state index contributed by atoms with van der Waals surface area (Å²) in [5, 5.41) is 13.5. The Morgan fingerprint density at radius 3 is 2.62 bits per heavy atom. The minimum Gasteiger partial charge on any atom is -0.389 e. The molecule has 1 aliphatic rings. The predicted molar refractivity (Wildman–Crippen MR) is 68.6 cm³/mol. The van der Waals surface area contributed by atoms with Crippen molar-refractivity contribution in [3.05, 3.63) is 0 Å². The van der Waals surface area contributed by atoms with Gasteiger partial charge in [-0.3, -0.25) is 0 Å². The summed E-state index contributed by atoms with van der Waals surface area (Å²) >= 11 is 0. The maximum absolute atomic E-state index is 9.99. The highest BCUT2D eigenvalue weighted by Crippen LogP contribution is 2.21. The fraction of sp³-hybridized carbons (Fsp3) is 1.00. The summed E-state index contributed by atoms with van der Waals surface area (Å²) in [6, 6.07) is 1.18. The van der Waals surface area contributed by atoms with Crippen molar-refractivity contribution in [2.45, 2.75) is 58.2 Å². The average molecular weight is 228 g/mol. The second-order valence-electron chi connectivity index (χ2n) is 5.84. The molecule has 0 aromatic rings. The van der Waals surface area contributed by atoms with E-state index in [1.54, 1.807) is 0 Å². The number of nitrogens with zero attached hydrogens (tertiary/aromatic N) is 1. The Morgan fingerprint density at radius 1 is 1.44 bits per heavy atom. The molecule has 16 heavy (non-hydrogen) atoms. The molecule has 3 heteroatoms. The molecule has 96 valence electrons. The maximum Gasteiger partial charge on any atom is 0.0741 e. The van der Waals surface area contributed by atoms with Crippen LogP contribution in [0.5, 0.6) is 0 Å². The fourth-order valence-electron chi connectivity index (χ4n) is 2.30. The van der Waals surface area contributed by atoms with Gasteiger partial charge in [-0.2, -0.15) is 0 Å². The summed E-state index contributed by atoms with van der Waals surface area (Å²) in [6.45, 7) is 10.4. The van der Waals surface area contributed by atoms with Gasteiger partial charge in [-0.1, -0.05) is 13.8 Å².